The van der Waals surface area contributed by atoms with Gasteiger partial charge in [0.1, 0.15) is 0 Å². The lowest BCUT2D eigenvalue weighted by Gasteiger charge is -2.31. The molecule has 1 aliphatic rings. The van der Waals surface area contributed by atoms with Gasteiger partial charge in [0.2, 0.25) is 0 Å². The van der Waals surface area contributed by atoms with Gasteiger partial charge < -0.3 is 10.0 Å². The van der Waals surface area contributed by atoms with Crippen LogP contribution in [0.3, 0.4) is 0 Å². The summed E-state index contributed by atoms with van der Waals surface area (Å²) < 4.78 is 0. The maximum atomic E-state index is 10.2. The second-order valence-electron chi connectivity index (χ2n) is 2.92. The van der Waals surface area contributed by atoms with Crippen molar-refractivity contribution in [2.75, 3.05) is 32.7 Å². The molecule has 1 fully saturated rings. The fourth-order valence-electron chi connectivity index (χ4n) is 1.26. The Morgan fingerprint density at radius 2 is 2.00 bits per heavy atom. The molecule has 1 radical (unpaired) electrons. The van der Waals surface area contributed by atoms with Gasteiger partial charge in [-0.3, -0.25) is 9.69 Å². The first-order valence-corrected chi connectivity index (χ1v) is 3.94. The van der Waals surface area contributed by atoms with E-state index in [-0.39, 0.29) is 5.76 Å². The van der Waals surface area contributed by atoms with Crippen LogP contribution in [0.15, 0.2) is 12.3 Å². The van der Waals surface area contributed by atoms with Crippen molar-refractivity contribution >= 4 is 6.41 Å². The molecule has 1 aliphatic heterocycles. The molecule has 4 heteroatoms. The van der Waals surface area contributed by atoms with Gasteiger partial charge in [-0.05, 0) is 0 Å². The third-order valence-electron chi connectivity index (χ3n) is 1.91. The van der Waals surface area contributed by atoms with Gasteiger partial charge in [0.05, 0.1) is 12.3 Å². The standard InChI is InChI=1S/C8H13N2O2/c1-8(12)6-9-2-4-10(7-11)5-3-9/h12H,1-6H2. The molecule has 0 bridgehead atoms. The third-order valence-corrected chi connectivity index (χ3v) is 1.91. The summed E-state index contributed by atoms with van der Waals surface area (Å²) in [5, 5.41) is 8.90. The quantitative estimate of drug-likeness (QED) is 0.592. The number of carbonyl (C=O) groups excluding carboxylic acids is 1. The number of aliphatic hydroxyl groups is 1. The van der Waals surface area contributed by atoms with Crippen molar-refractivity contribution in [3.8, 4) is 0 Å². The summed E-state index contributed by atoms with van der Waals surface area (Å²) >= 11 is 0. The van der Waals surface area contributed by atoms with E-state index in [0.717, 1.165) is 13.1 Å². The largest absolute Gasteiger partial charge is 0.512 e. The van der Waals surface area contributed by atoms with Crippen LogP contribution in [-0.4, -0.2) is 54.0 Å². The Balaban J connectivity index is 2.26. The zero-order chi connectivity index (χ0) is 8.97. The summed E-state index contributed by atoms with van der Waals surface area (Å²) in [4.78, 5) is 13.9. The lowest BCUT2D eigenvalue weighted by atomic mass is 10.3. The predicted molar refractivity (Wildman–Crippen MR) is 45.5 cm³/mol. The van der Waals surface area contributed by atoms with E-state index < -0.39 is 0 Å². The second-order valence-corrected chi connectivity index (χ2v) is 2.92. The number of hydrogen-bond donors (Lipinski definition) is 1. The molecule has 4 nitrogen and oxygen atoms in total. The number of piperazine rings is 1. The van der Waals surface area contributed by atoms with Gasteiger partial charge in [0.15, 0.2) is 0 Å². The van der Waals surface area contributed by atoms with Crippen LogP contribution in [-0.2, 0) is 4.79 Å². The Morgan fingerprint density at radius 1 is 1.42 bits per heavy atom. The normalized spacial score (nSPS) is 19.2. The molecule has 1 amide bonds. The average Bonchev–Trinajstić information content (AvgIpc) is 2.05. The molecule has 0 aliphatic carbocycles. The van der Waals surface area contributed by atoms with Crippen LogP contribution in [0.4, 0.5) is 0 Å². The molecule has 0 aromatic carbocycles. The average molecular weight is 169 g/mol. The number of amides is 1. The van der Waals surface area contributed by atoms with Crippen LogP contribution in [0, 0.1) is 0 Å². The Bertz CT molecular complexity index is 174. The zero-order valence-electron chi connectivity index (χ0n) is 6.99. The molecule has 1 N–H and O–H groups in total. The summed E-state index contributed by atoms with van der Waals surface area (Å²) in [7, 11) is 0. The number of rotatable bonds is 3. The number of aliphatic hydroxyl groups excluding tert-OH is 1. The van der Waals surface area contributed by atoms with Crippen LogP contribution in [0.5, 0.6) is 0 Å². The molecule has 0 aromatic heterocycles. The fourth-order valence-corrected chi connectivity index (χ4v) is 1.26. The summed E-state index contributed by atoms with van der Waals surface area (Å²) in [6.45, 7) is 6.87. The molecule has 12 heavy (non-hydrogen) atoms. The lowest BCUT2D eigenvalue weighted by molar-refractivity contribution is 0.173. The zero-order valence-corrected chi connectivity index (χ0v) is 6.99. The van der Waals surface area contributed by atoms with E-state index in [4.69, 9.17) is 5.11 Å². The smallest absolute Gasteiger partial charge is 0.312 e. The molecular weight excluding hydrogens is 156 g/mol. The molecular formula is C8H13N2O2. The molecule has 1 heterocycles. The SMILES string of the molecule is C=C(O)CN1CCN([C]=O)CC1. The van der Waals surface area contributed by atoms with E-state index in [0.29, 0.717) is 19.6 Å². The Hall–Kier alpha value is -1.03. The first-order valence-electron chi connectivity index (χ1n) is 3.94. The van der Waals surface area contributed by atoms with Gasteiger partial charge in [0, 0.05) is 26.2 Å². The van der Waals surface area contributed by atoms with Crippen molar-refractivity contribution in [1.82, 2.24) is 9.80 Å². The van der Waals surface area contributed by atoms with Gasteiger partial charge in [-0.1, -0.05) is 6.58 Å². The van der Waals surface area contributed by atoms with Crippen LogP contribution in [0.25, 0.3) is 0 Å². The van der Waals surface area contributed by atoms with Crippen LogP contribution in [0.2, 0.25) is 0 Å². The maximum absolute atomic E-state index is 10.2. The summed E-state index contributed by atoms with van der Waals surface area (Å²) in [6.07, 6.45) is 1.85. The van der Waals surface area contributed by atoms with E-state index in [1.54, 1.807) is 4.90 Å². The fraction of sp³-hybridized carbons (Fsp3) is 0.625. The first kappa shape index (κ1) is 9.06. The van der Waals surface area contributed by atoms with Crippen molar-refractivity contribution in [3.05, 3.63) is 12.3 Å². The highest BCUT2D eigenvalue weighted by Gasteiger charge is 2.15. The predicted octanol–water partition coefficient (Wildman–Crippen LogP) is -0.257. The molecule has 67 valence electrons. The minimum atomic E-state index is 0.179. The molecule has 0 atom stereocenters. The topological polar surface area (TPSA) is 43.8 Å². The van der Waals surface area contributed by atoms with Crippen molar-refractivity contribution in [2.24, 2.45) is 0 Å². The van der Waals surface area contributed by atoms with Crippen molar-refractivity contribution in [2.45, 2.75) is 0 Å². The molecule has 0 spiro atoms. The Morgan fingerprint density at radius 3 is 2.42 bits per heavy atom. The lowest BCUT2D eigenvalue weighted by Crippen LogP contribution is -2.46. The Labute approximate surface area is 72.1 Å². The van der Waals surface area contributed by atoms with Gasteiger partial charge in [-0.15, -0.1) is 0 Å². The molecule has 1 rings (SSSR count). The second kappa shape index (κ2) is 4.11. The first-order chi connectivity index (χ1) is 5.72. The van der Waals surface area contributed by atoms with Gasteiger partial charge in [-0.25, -0.2) is 0 Å². The highest BCUT2D eigenvalue weighted by Crippen LogP contribution is 2.00. The molecule has 1 saturated heterocycles. The highest BCUT2D eigenvalue weighted by molar-refractivity contribution is 5.48. The van der Waals surface area contributed by atoms with Crippen molar-refractivity contribution < 1.29 is 9.90 Å². The third kappa shape index (κ3) is 2.54. The van der Waals surface area contributed by atoms with Crippen LogP contribution >= 0.6 is 0 Å². The monoisotopic (exact) mass is 169 g/mol. The van der Waals surface area contributed by atoms with E-state index in [2.05, 4.69) is 11.5 Å². The van der Waals surface area contributed by atoms with Gasteiger partial charge in [-0.2, -0.15) is 0 Å². The van der Waals surface area contributed by atoms with E-state index in [1.807, 2.05) is 6.41 Å². The van der Waals surface area contributed by atoms with E-state index in [9.17, 15) is 4.79 Å². The number of hydrogen-bond acceptors (Lipinski definition) is 3. The van der Waals surface area contributed by atoms with Crippen molar-refractivity contribution in [3.63, 3.8) is 0 Å². The van der Waals surface area contributed by atoms with Crippen LogP contribution in [0.1, 0.15) is 0 Å². The highest BCUT2D eigenvalue weighted by atomic mass is 16.3. The summed E-state index contributed by atoms with van der Waals surface area (Å²) in [5.41, 5.74) is 0. The maximum Gasteiger partial charge on any atom is 0.312 e. The minimum absolute atomic E-state index is 0.179. The summed E-state index contributed by atoms with van der Waals surface area (Å²) in [5.74, 6) is 0.179. The Kier molecular flexibility index (Phi) is 3.10. The van der Waals surface area contributed by atoms with Gasteiger partial charge in [0.25, 0.3) is 0 Å². The number of nitrogens with zero attached hydrogens (tertiary/aromatic N) is 2. The van der Waals surface area contributed by atoms with Crippen molar-refractivity contribution in [1.29, 1.82) is 0 Å². The van der Waals surface area contributed by atoms with E-state index in [1.165, 1.54) is 0 Å². The molecule has 0 aromatic rings. The van der Waals surface area contributed by atoms with Gasteiger partial charge >= 0.3 is 6.41 Å². The summed E-state index contributed by atoms with van der Waals surface area (Å²) in [6, 6.07) is 0. The van der Waals surface area contributed by atoms with Crippen LogP contribution < -0.4 is 0 Å². The molecule has 0 saturated carbocycles. The molecule has 0 unspecified atom stereocenters. The minimum Gasteiger partial charge on any atom is -0.512 e. The van der Waals surface area contributed by atoms with E-state index >= 15 is 0 Å².